The number of hydrogen-bond donors (Lipinski definition) is 0. The number of ether oxygens (including phenoxy) is 2. The maximum Gasteiger partial charge on any atom is 0.290 e. The largest absolute Gasteiger partial charge is 0.493 e. The number of Topliss-reactive ketones (excluding diaryl/α,β-unsaturated/α-hetero) is 1. The number of amides is 1. The fraction of sp³-hybridized carbons (Fsp3) is 0.600. The highest BCUT2D eigenvalue weighted by Gasteiger charge is 2.51. The number of carbonyl (C=O) groups excluding carboxylic acids is 2. The number of rotatable bonds is 5. The Morgan fingerprint density at radius 2 is 1.84 bits per heavy atom. The number of carbonyl (C=O) groups is 2. The Hall–Kier alpha value is -2.04. The average Bonchev–Trinajstić information content (AvgIpc) is 2.62. The molecule has 5 nitrogen and oxygen atoms in total. The molecule has 25 heavy (non-hydrogen) atoms. The molecule has 0 radical (unpaired) electrons. The first kappa shape index (κ1) is 17.8. The van der Waals surface area contributed by atoms with Crippen LogP contribution in [0.3, 0.4) is 0 Å². The molecule has 1 heterocycles. The second-order valence-electron chi connectivity index (χ2n) is 7.13. The molecule has 5 heteroatoms. The second kappa shape index (κ2) is 6.70. The zero-order chi connectivity index (χ0) is 18.2. The van der Waals surface area contributed by atoms with Crippen molar-refractivity contribution >= 4 is 11.7 Å². The third-order valence-corrected chi connectivity index (χ3v) is 5.93. The average molecular weight is 345 g/mol. The minimum absolute atomic E-state index is 0.226. The molecule has 1 saturated carbocycles. The van der Waals surface area contributed by atoms with Gasteiger partial charge in [-0.25, -0.2) is 0 Å². The number of ketones is 1. The summed E-state index contributed by atoms with van der Waals surface area (Å²) in [4.78, 5) is 27.2. The minimum Gasteiger partial charge on any atom is -0.493 e. The Morgan fingerprint density at radius 3 is 2.36 bits per heavy atom. The molecule has 1 aliphatic heterocycles. The van der Waals surface area contributed by atoms with Crippen LogP contribution in [-0.2, 0) is 21.5 Å². The highest BCUT2D eigenvalue weighted by molar-refractivity contribution is 6.37. The number of methoxy groups -OCH3 is 2. The Labute approximate surface area is 149 Å². The summed E-state index contributed by atoms with van der Waals surface area (Å²) < 4.78 is 10.9. The van der Waals surface area contributed by atoms with E-state index in [4.69, 9.17) is 9.47 Å². The van der Waals surface area contributed by atoms with Gasteiger partial charge >= 0.3 is 0 Å². The van der Waals surface area contributed by atoms with Crippen LogP contribution in [0.1, 0.15) is 50.7 Å². The summed E-state index contributed by atoms with van der Waals surface area (Å²) in [6, 6.07) is 4.02. The van der Waals surface area contributed by atoms with Crippen LogP contribution >= 0.6 is 0 Å². The Balaban J connectivity index is 2.01. The SMILES string of the molecule is CCC(C)C(=O)C(=O)N1CCc2cc(OC)c(OC)cc2C12CCC2. The van der Waals surface area contributed by atoms with Gasteiger partial charge in [-0.05, 0) is 55.4 Å². The molecule has 0 N–H and O–H groups in total. The van der Waals surface area contributed by atoms with Crippen molar-refractivity contribution in [3.8, 4) is 11.5 Å². The fourth-order valence-corrected chi connectivity index (χ4v) is 4.03. The van der Waals surface area contributed by atoms with Gasteiger partial charge in [-0.1, -0.05) is 13.8 Å². The molecule has 0 saturated heterocycles. The van der Waals surface area contributed by atoms with Gasteiger partial charge in [0.1, 0.15) is 0 Å². The molecule has 1 aromatic rings. The molecule has 0 bridgehead atoms. The molecule has 1 amide bonds. The van der Waals surface area contributed by atoms with Crippen molar-refractivity contribution in [3.63, 3.8) is 0 Å². The molecular weight excluding hydrogens is 318 g/mol. The zero-order valence-corrected chi connectivity index (χ0v) is 15.6. The van der Waals surface area contributed by atoms with Crippen LogP contribution < -0.4 is 9.47 Å². The highest BCUT2D eigenvalue weighted by atomic mass is 16.5. The first-order valence-corrected chi connectivity index (χ1v) is 9.09. The molecule has 2 aliphatic rings. The standard InChI is InChI=1S/C20H27NO4/c1-5-13(2)18(22)19(23)21-10-7-14-11-16(24-3)17(25-4)12-15(14)20(21)8-6-9-20/h11-13H,5-10H2,1-4H3. The minimum atomic E-state index is -0.354. The van der Waals surface area contributed by atoms with Crippen LogP contribution in [0.2, 0.25) is 0 Å². The van der Waals surface area contributed by atoms with Gasteiger partial charge in [-0.2, -0.15) is 0 Å². The van der Waals surface area contributed by atoms with Gasteiger partial charge in [0.05, 0.1) is 19.8 Å². The first-order valence-electron chi connectivity index (χ1n) is 9.09. The number of benzene rings is 1. The normalized spacial score (nSPS) is 19.0. The molecular formula is C20H27NO4. The van der Waals surface area contributed by atoms with E-state index >= 15 is 0 Å². The lowest BCUT2D eigenvalue weighted by Crippen LogP contribution is -2.59. The van der Waals surface area contributed by atoms with Gasteiger partial charge < -0.3 is 14.4 Å². The Kier molecular flexibility index (Phi) is 4.76. The number of fused-ring (bicyclic) bond motifs is 2. The van der Waals surface area contributed by atoms with E-state index < -0.39 is 0 Å². The van der Waals surface area contributed by atoms with E-state index in [1.54, 1.807) is 14.2 Å². The van der Waals surface area contributed by atoms with Gasteiger partial charge in [0.15, 0.2) is 11.5 Å². The summed E-state index contributed by atoms with van der Waals surface area (Å²) in [5.74, 6) is 0.574. The van der Waals surface area contributed by atoms with Crippen LogP contribution in [0.15, 0.2) is 12.1 Å². The van der Waals surface area contributed by atoms with Crippen molar-refractivity contribution in [1.29, 1.82) is 0 Å². The molecule has 1 unspecified atom stereocenters. The third-order valence-electron chi connectivity index (χ3n) is 5.93. The van der Waals surface area contributed by atoms with E-state index in [2.05, 4.69) is 0 Å². The predicted octanol–water partition coefficient (Wildman–Crippen LogP) is 3.08. The van der Waals surface area contributed by atoms with Crippen LogP contribution in [0.5, 0.6) is 11.5 Å². The van der Waals surface area contributed by atoms with Crippen LogP contribution in [0.4, 0.5) is 0 Å². The second-order valence-corrected chi connectivity index (χ2v) is 7.13. The lowest BCUT2D eigenvalue weighted by molar-refractivity contribution is -0.155. The van der Waals surface area contributed by atoms with Gasteiger partial charge in [-0.15, -0.1) is 0 Å². The third kappa shape index (κ3) is 2.70. The highest BCUT2D eigenvalue weighted by Crippen LogP contribution is 2.52. The molecule has 3 rings (SSSR count). The van der Waals surface area contributed by atoms with Crippen molar-refractivity contribution in [1.82, 2.24) is 4.90 Å². The number of hydrogen-bond acceptors (Lipinski definition) is 4. The quantitative estimate of drug-likeness (QED) is 0.770. The molecule has 1 atom stereocenters. The lowest BCUT2D eigenvalue weighted by Gasteiger charge is -2.54. The van der Waals surface area contributed by atoms with Gasteiger partial charge in [0, 0.05) is 12.5 Å². The summed E-state index contributed by atoms with van der Waals surface area (Å²) in [7, 11) is 3.25. The fourth-order valence-electron chi connectivity index (χ4n) is 4.03. The number of nitrogens with zero attached hydrogens (tertiary/aromatic N) is 1. The van der Waals surface area contributed by atoms with Crippen LogP contribution in [0.25, 0.3) is 0 Å². The monoisotopic (exact) mass is 345 g/mol. The molecule has 1 aliphatic carbocycles. The summed E-state index contributed by atoms with van der Waals surface area (Å²) >= 11 is 0. The van der Waals surface area contributed by atoms with Gasteiger partial charge in [0.2, 0.25) is 5.78 Å². The summed E-state index contributed by atoms with van der Waals surface area (Å²) in [6.07, 6.45) is 4.28. The predicted molar refractivity (Wildman–Crippen MR) is 95.0 cm³/mol. The van der Waals surface area contributed by atoms with Crippen LogP contribution in [-0.4, -0.2) is 37.4 Å². The maximum atomic E-state index is 12.9. The van der Waals surface area contributed by atoms with Crippen molar-refractivity contribution in [2.24, 2.45) is 5.92 Å². The summed E-state index contributed by atoms with van der Waals surface area (Å²) in [5, 5.41) is 0. The van der Waals surface area contributed by atoms with Gasteiger partial charge in [0.25, 0.3) is 5.91 Å². The van der Waals surface area contributed by atoms with E-state index in [1.807, 2.05) is 30.9 Å². The maximum absolute atomic E-state index is 12.9. The summed E-state index contributed by atoms with van der Waals surface area (Å²) in [6.45, 7) is 4.36. The van der Waals surface area contributed by atoms with E-state index in [9.17, 15) is 9.59 Å². The molecule has 0 aromatic heterocycles. The van der Waals surface area contributed by atoms with E-state index in [1.165, 1.54) is 5.56 Å². The molecule has 136 valence electrons. The van der Waals surface area contributed by atoms with Gasteiger partial charge in [-0.3, -0.25) is 9.59 Å². The molecule has 1 fully saturated rings. The van der Waals surface area contributed by atoms with Crippen molar-refractivity contribution in [3.05, 3.63) is 23.3 Å². The lowest BCUT2D eigenvalue weighted by atomic mass is 9.66. The Bertz CT molecular complexity index is 693. The van der Waals surface area contributed by atoms with E-state index in [0.717, 1.165) is 31.2 Å². The topological polar surface area (TPSA) is 55.8 Å². The molecule has 1 aromatic carbocycles. The van der Waals surface area contributed by atoms with Crippen molar-refractivity contribution in [2.75, 3.05) is 20.8 Å². The van der Waals surface area contributed by atoms with E-state index in [-0.39, 0.29) is 23.1 Å². The molecule has 1 spiro atoms. The van der Waals surface area contributed by atoms with Crippen molar-refractivity contribution < 1.29 is 19.1 Å². The smallest absolute Gasteiger partial charge is 0.290 e. The zero-order valence-electron chi connectivity index (χ0n) is 15.6. The van der Waals surface area contributed by atoms with Crippen LogP contribution in [0, 0.1) is 5.92 Å². The van der Waals surface area contributed by atoms with Crippen molar-refractivity contribution in [2.45, 2.75) is 51.5 Å². The Morgan fingerprint density at radius 1 is 1.20 bits per heavy atom. The first-order chi connectivity index (χ1) is 12.0. The van der Waals surface area contributed by atoms with E-state index in [0.29, 0.717) is 24.5 Å². The summed E-state index contributed by atoms with van der Waals surface area (Å²) in [5.41, 5.74) is 1.96.